The second-order valence-corrected chi connectivity index (χ2v) is 7.80. The first kappa shape index (κ1) is 20.0. The Balaban J connectivity index is 1.79. The molecule has 28 heavy (non-hydrogen) atoms. The normalized spacial score (nSPS) is 12.5. The number of nitrogens with zero attached hydrogens (tertiary/aromatic N) is 3. The third-order valence-corrected chi connectivity index (χ3v) is 5.91. The first-order chi connectivity index (χ1) is 13.2. The highest BCUT2D eigenvalue weighted by Crippen LogP contribution is 2.29. The highest BCUT2D eigenvalue weighted by molar-refractivity contribution is 7.89. The van der Waals surface area contributed by atoms with Crippen molar-refractivity contribution in [2.75, 3.05) is 6.54 Å². The molecule has 0 amide bonds. The van der Waals surface area contributed by atoms with Gasteiger partial charge < -0.3 is 4.52 Å². The van der Waals surface area contributed by atoms with Crippen LogP contribution in [0.2, 0.25) is 0 Å². The SMILES string of the molecule is CCN(Cc1ccc(-c2noc(C(F)(F)F)n2)cc1)S(=O)(=O)c1ccccc1. The molecule has 0 atom stereocenters. The highest BCUT2D eigenvalue weighted by Gasteiger charge is 2.38. The Hall–Kier alpha value is -2.72. The van der Waals surface area contributed by atoms with Gasteiger partial charge in [0.25, 0.3) is 0 Å². The zero-order chi connectivity index (χ0) is 20.4. The van der Waals surface area contributed by atoms with Crippen LogP contribution in [0.5, 0.6) is 0 Å². The first-order valence-electron chi connectivity index (χ1n) is 8.27. The van der Waals surface area contributed by atoms with Crippen LogP contribution in [0, 0.1) is 0 Å². The number of rotatable bonds is 6. The van der Waals surface area contributed by atoms with Crippen molar-refractivity contribution in [3.63, 3.8) is 0 Å². The molecule has 0 aliphatic rings. The molecular weight excluding hydrogens is 395 g/mol. The lowest BCUT2D eigenvalue weighted by atomic mass is 10.1. The van der Waals surface area contributed by atoms with E-state index in [4.69, 9.17) is 0 Å². The Bertz CT molecular complexity index is 1030. The lowest BCUT2D eigenvalue weighted by Crippen LogP contribution is -2.30. The van der Waals surface area contributed by atoms with Crippen molar-refractivity contribution in [1.82, 2.24) is 14.4 Å². The van der Waals surface area contributed by atoms with Gasteiger partial charge in [-0.3, -0.25) is 0 Å². The average Bonchev–Trinajstić information content (AvgIpc) is 3.18. The standard InChI is InChI=1S/C18H16F3N3O3S/c1-2-24(28(25,26)15-6-4-3-5-7-15)12-13-8-10-14(11-9-13)16-22-17(27-23-16)18(19,20)21/h3-11H,2,12H2,1H3. The Labute approximate surface area is 159 Å². The van der Waals surface area contributed by atoms with Crippen molar-refractivity contribution in [2.45, 2.75) is 24.5 Å². The molecule has 0 fully saturated rings. The minimum absolute atomic E-state index is 0.119. The van der Waals surface area contributed by atoms with Gasteiger partial charge in [0.1, 0.15) is 0 Å². The van der Waals surface area contributed by atoms with Crippen molar-refractivity contribution in [1.29, 1.82) is 0 Å². The molecule has 2 aromatic carbocycles. The molecule has 148 valence electrons. The molecule has 0 N–H and O–H groups in total. The van der Waals surface area contributed by atoms with E-state index in [2.05, 4.69) is 14.7 Å². The quantitative estimate of drug-likeness (QED) is 0.614. The van der Waals surface area contributed by atoms with E-state index in [1.54, 1.807) is 37.3 Å². The van der Waals surface area contributed by atoms with E-state index in [9.17, 15) is 21.6 Å². The van der Waals surface area contributed by atoms with E-state index < -0.39 is 22.1 Å². The minimum atomic E-state index is -4.71. The van der Waals surface area contributed by atoms with E-state index in [1.165, 1.54) is 28.6 Å². The maximum absolute atomic E-state index is 12.7. The van der Waals surface area contributed by atoms with Crippen molar-refractivity contribution in [3.05, 3.63) is 66.1 Å². The molecule has 1 aromatic heterocycles. The number of alkyl halides is 3. The van der Waals surface area contributed by atoms with Crippen LogP contribution in [0.25, 0.3) is 11.4 Å². The lowest BCUT2D eigenvalue weighted by Gasteiger charge is -2.20. The second kappa shape index (κ2) is 7.72. The smallest absolute Gasteiger partial charge is 0.329 e. The molecule has 0 bridgehead atoms. The van der Waals surface area contributed by atoms with Gasteiger partial charge in [-0.2, -0.15) is 22.5 Å². The molecule has 10 heteroatoms. The fraction of sp³-hybridized carbons (Fsp3) is 0.222. The Morgan fingerprint density at radius 2 is 1.68 bits per heavy atom. The molecule has 3 aromatic rings. The summed E-state index contributed by atoms with van der Waals surface area (Å²) in [5.74, 6) is -1.61. The van der Waals surface area contributed by atoms with Crippen LogP contribution in [0.4, 0.5) is 13.2 Å². The third-order valence-electron chi connectivity index (χ3n) is 3.97. The molecule has 0 saturated carbocycles. The van der Waals surface area contributed by atoms with Gasteiger partial charge in [-0.15, -0.1) is 0 Å². The Kier molecular flexibility index (Phi) is 5.52. The molecule has 6 nitrogen and oxygen atoms in total. The van der Waals surface area contributed by atoms with Crippen LogP contribution >= 0.6 is 0 Å². The summed E-state index contributed by atoms with van der Waals surface area (Å²) in [6.45, 7) is 2.11. The van der Waals surface area contributed by atoms with Gasteiger partial charge in [0.05, 0.1) is 4.90 Å². The van der Waals surface area contributed by atoms with Gasteiger partial charge in [-0.1, -0.05) is 54.5 Å². The molecular formula is C18H16F3N3O3S. The van der Waals surface area contributed by atoms with Crippen LogP contribution < -0.4 is 0 Å². The topological polar surface area (TPSA) is 76.3 Å². The largest absolute Gasteiger partial charge is 0.471 e. The molecule has 0 saturated heterocycles. The fourth-order valence-electron chi connectivity index (χ4n) is 2.53. The van der Waals surface area contributed by atoms with Gasteiger partial charge in [0.15, 0.2) is 0 Å². The summed E-state index contributed by atoms with van der Waals surface area (Å²) in [5.41, 5.74) is 1.00. The zero-order valence-corrected chi connectivity index (χ0v) is 15.5. The van der Waals surface area contributed by atoms with Crippen LogP contribution in [0.15, 0.2) is 64.0 Å². The summed E-state index contributed by atoms with van der Waals surface area (Å²) in [6, 6.07) is 14.3. The molecule has 0 radical (unpaired) electrons. The maximum Gasteiger partial charge on any atom is 0.471 e. The van der Waals surface area contributed by atoms with E-state index >= 15 is 0 Å². The molecule has 0 unspecified atom stereocenters. The number of sulfonamides is 1. The van der Waals surface area contributed by atoms with E-state index in [-0.39, 0.29) is 23.8 Å². The highest BCUT2D eigenvalue weighted by atomic mass is 32.2. The van der Waals surface area contributed by atoms with Gasteiger partial charge in [0, 0.05) is 18.7 Å². The van der Waals surface area contributed by atoms with Crippen LogP contribution in [-0.2, 0) is 22.7 Å². The fourth-order valence-corrected chi connectivity index (χ4v) is 3.99. The van der Waals surface area contributed by atoms with Crippen molar-refractivity contribution in [2.24, 2.45) is 0 Å². The summed E-state index contributed by atoms with van der Waals surface area (Å²) in [6.07, 6.45) is -4.71. The summed E-state index contributed by atoms with van der Waals surface area (Å²) in [4.78, 5) is 3.52. The van der Waals surface area contributed by atoms with Crippen molar-refractivity contribution in [3.8, 4) is 11.4 Å². The number of benzene rings is 2. The van der Waals surface area contributed by atoms with Gasteiger partial charge in [0.2, 0.25) is 15.8 Å². The molecule has 0 aliphatic carbocycles. The monoisotopic (exact) mass is 411 g/mol. The van der Waals surface area contributed by atoms with Crippen molar-refractivity contribution < 1.29 is 26.1 Å². The summed E-state index contributed by atoms with van der Waals surface area (Å²) < 4.78 is 68.7. The maximum atomic E-state index is 12.7. The van der Waals surface area contributed by atoms with Crippen molar-refractivity contribution >= 4 is 10.0 Å². The minimum Gasteiger partial charge on any atom is -0.329 e. The van der Waals surface area contributed by atoms with Gasteiger partial charge in [-0.25, -0.2) is 8.42 Å². The van der Waals surface area contributed by atoms with E-state index in [0.29, 0.717) is 11.1 Å². The Morgan fingerprint density at radius 3 is 2.21 bits per heavy atom. The molecule has 0 spiro atoms. The second-order valence-electron chi connectivity index (χ2n) is 5.86. The van der Waals surface area contributed by atoms with Gasteiger partial charge >= 0.3 is 12.1 Å². The number of halogens is 3. The van der Waals surface area contributed by atoms with Gasteiger partial charge in [-0.05, 0) is 17.7 Å². The lowest BCUT2D eigenvalue weighted by molar-refractivity contribution is -0.159. The summed E-state index contributed by atoms with van der Waals surface area (Å²) in [7, 11) is -3.66. The molecule has 0 aliphatic heterocycles. The zero-order valence-electron chi connectivity index (χ0n) is 14.7. The average molecular weight is 411 g/mol. The van der Waals surface area contributed by atoms with Crippen LogP contribution in [0.3, 0.4) is 0 Å². The summed E-state index contributed by atoms with van der Waals surface area (Å²) in [5, 5.41) is 3.33. The third kappa shape index (κ3) is 4.23. The predicted octanol–water partition coefficient (Wildman–Crippen LogP) is 3.97. The summed E-state index contributed by atoms with van der Waals surface area (Å²) >= 11 is 0. The number of hydrogen-bond acceptors (Lipinski definition) is 5. The molecule has 3 rings (SSSR count). The number of hydrogen-bond donors (Lipinski definition) is 0. The Morgan fingerprint density at radius 1 is 1.04 bits per heavy atom. The number of aromatic nitrogens is 2. The first-order valence-corrected chi connectivity index (χ1v) is 9.71. The van der Waals surface area contributed by atoms with Crippen LogP contribution in [-0.4, -0.2) is 29.4 Å². The predicted molar refractivity (Wildman–Crippen MR) is 94.4 cm³/mol. The van der Waals surface area contributed by atoms with Crippen LogP contribution in [0.1, 0.15) is 18.4 Å². The van der Waals surface area contributed by atoms with E-state index in [1.807, 2.05) is 0 Å². The van der Waals surface area contributed by atoms with E-state index in [0.717, 1.165) is 0 Å². The molecule has 1 heterocycles.